The minimum atomic E-state index is 0.658. The molecule has 0 bridgehead atoms. The van der Waals surface area contributed by atoms with E-state index >= 15 is 0 Å². The second kappa shape index (κ2) is 19.3. The molecule has 0 aliphatic heterocycles. The Kier molecular flexibility index (Phi) is 10.9. The third kappa shape index (κ3) is 7.49. The molecule has 0 saturated heterocycles. The molecule has 0 spiro atoms. The van der Waals surface area contributed by atoms with Gasteiger partial charge in [0.15, 0.2) is 17.5 Å². The molecular weight excluding hydrogens is 1020 g/mol. The Hall–Kier alpha value is -11.2. The van der Waals surface area contributed by atoms with Gasteiger partial charge in [0.1, 0.15) is 0 Å². The van der Waals surface area contributed by atoms with E-state index in [-0.39, 0.29) is 0 Å². The Balaban J connectivity index is 0.820. The fraction of sp³-hybridized carbons (Fsp3) is 0.0260. The summed E-state index contributed by atoms with van der Waals surface area (Å²) in [6.45, 7) is 0. The minimum Gasteiger partial charge on any atom is -0.309 e. The van der Waals surface area contributed by atoms with E-state index in [0.29, 0.717) is 17.5 Å². The fourth-order valence-electron chi connectivity index (χ4n) is 13.4. The van der Waals surface area contributed by atoms with Gasteiger partial charge in [-0.05, 0) is 109 Å². The average molecular weight is 1070 g/mol. The molecule has 7 nitrogen and oxygen atoms in total. The molecule has 0 fully saturated rings. The Labute approximate surface area is 483 Å². The van der Waals surface area contributed by atoms with Crippen LogP contribution in [0.15, 0.2) is 285 Å². The van der Waals surface area contributed by atoms with E-state index in [2.05, 4.69) is 267 Å². The van der Waals surface area contributed by atoms with E-state index in [1.54, 1.807) is 0 Å². The molecule has 84 heavy (non-hydrogen) atoms. The lowest BCUT2D eigenvalue weighted by molar-refractivity contribution is 0.961. The molecule has 12 aromatic carbocycles. The van der Waals surface area contributed by atoms with Crippen molar-refractivity contribution in [2.24, 2.45) is 0 Å². The largest absolute Gasteiger partial charge is 0.309 e. The van der Waals surface area contributed by atoms with Crippen molar-refractivity contribution in [3.8, 4) is 56.9 Å². The number of aromatic nitrogens is 7. The van der Waals surface area contributed by atoms with Crippen molar-refractivity contribution in [2.75, 3.05) is 0 Å². The number of hydrogen-bond donors (Lipinski definition) is 0. The normalized spacial score (nSPS) is 11.9. The third-order valence-electron chi connectivity index (χ3n) is 17.0. The highest BCUT2D eigenvalue weighted by atomic mass is 15.1. The first-order valence-electron chi connectivity index (χ1n) is 28.8. The monoisotopic (exact) mass is 1070 g/mol. The van der Waals surface area contributed by atoms with Crippen LogP contribution in [0.1, 0.15) is 11.1 Å². The summed E-state index contributed by atoms with van der Waals surface area (Å²) in [6.07, 6.45) is 1.73. The molecule has 0 aliphatic carbocycles. The summed E-state index contributed by atoms with van der Waals surface area (Å²) in [5, 5.41) is 9.79. The van der Waals surface area contributed by atoms with Crippen LogP contribution < -0.4 is 0 Å². The zero-order valence-electron chi connectivity index (χ0n) is 45.7. The van der Waals surface area contributed by atoms with E-state index in [4.69, 9.17) is 15.0 Å². The van der Waals surface area contributed by atoms with E-state index in [0.717, 1.165) is 57.8 Å². The van der Waals surface area contributed by atoms with Crippen LogP contribution >= 0.6 is 0 Å². The molecule has 17 aromatic rings. The van der Waals surface area contributed by atoms with Crippen LogP contribution in [0, 0.1) is 0 Å². The first-order valence-corrected chi connectivity index (χ1v) is 28.8. The summed E-state index contributed by atoms with van der Waals surface area (Å²) in [5.41, 5.74) is 19.2. The van der Waals surface area contributed by atoms with E-state index in [1.807, 2.05) is 36.4 Å². The third-order valence-corrected chi connectivity index (χ3v) is 17.0. The van der Waals surface area contributed by atoms with Crippen molar-refractivity contribution < 1.29 is 0 Å². The number of rotatable bonds is 10. The second-order valence-corrected chi connectivity index (χ2v) is 21.9. The van der Waals surface area contributed by atoms with Crippen LogP contribution in [0.5, 0.6) is 0 Å². The summed E-state index contributed by atoms with van der Waals surface area (Å²) < 4.78 is 10.0. The fourth-order valence-corrected chi connectivity index (χ4v) is 13.4. The lowest BCUT2D eigenvalue weighted by atomic mass is 10.0. The van der Waals surface area contributed by atoms with Gasteiger partial charge in [0.2, 0.25) is 0 Å². The summed E-state index contributed by atoms with van der Waals surface area (Å²) in [6, 6.07) is 103. The quantitative estimate of drug-likeness (QED) is 0.137. The summed E-state index contributed by atoms with van der Waals surface area (Å²) in [5.74, 6) is 1.98. The van der Waals surface area contributed by atoms with E-state index in [1.165, 1.54) is 92.8 Å². The van der Waals surface area contributed by atoms with Gasteiger partial charge in [0.05, 0.1) is 44.1 Å². The van der Waals surface area contributed by atoms with Crippen LogP contribution in [-0.4, -0.2) is 33.2 Å². The van der Waals surface area contributed by atoms with Gasteiger partial charge in [-0.3, -0.25) is 0 Å². The molecule has 7 heteroatoms. The van der Waals surface area contributed by atoms with Gasteiger partial charge in [0, 0.05) is 82.5 Å². The first kappa shape index (κ1) is 47.6. The van der Waals surface area contributed by atoms with Crippen molar-refractivity contribution >= 4 is 87.2 Å². The molecule has 17 rings (SSSR count). The predicted molar refractivity (Wildman–Crippen MR) is 347 cm³/mol. The molecule has 0 amide bonds. The number of benzene rings is 12. The second-order valence-electron chi connectivity index (χ2n) is 21.9. The van der Waals surface area contributed by atoms with Gasteiger partial charge in [-0.25, -0.2) is 15.0 Å². The number of hydrogen-bond acceptors (Lipinski definition) is 3. The number of fused-ring (bicyclic) bond motifs is 15. The standard InChI is InChI=1S/C77H51N7/c1-5-24-52(25-6-1)75-78-76(53-26-7-2-8-27-53)80-77(79-75)54-28-21-23-50(47-54)43-44-51-45-46-68-63(48-51)59-35-13-17-39-64(59)81(68)57-33-22-34-58(49-57)84-67-42-20-16-38-62(67)71-73-69(60-36-14-18-40-65(60)82(73)55-29-9-3-10-30-55)72-70(74(71)84)61-37-15-19-41-66(61)83(72)56-31-11-4-12-32-56/h1-42,45-49H,43-44H2. The average Bonchev–Trinajstić information content (AvgIpc) is 1.71. The number of para-hydroxylation sites is 6. The Morgan fingerprint density at radius 3 is 1.07 bits per heavy atom. The van der Waals surface area contributed by atoms with Crippen molar-refractivity contribution in [3.05, 3.63) is 296 Å². The predicted octanol–water partition coefficient (Wildman–Crippen LogP) is 19.0. The topological polar surface area (TPSA) is 58.4 Å². The zero-order valence-corrected chi connectivity index (χ0v) is 45.7. The van der Waals surface area contributed by atoms with Crippen molar-refractivity contribution in [2.45, 2.75) is 12.8 Å². The van der Waals surface area contributed by atoms with Crippen molar-refractivity contribution in [3.63, 3.8) is 0 Å². The molecular formula is C77H51N7. The molecule has 0 N–H and O–H groups in total. The Morgan fingerprint density at radius 2 is 0.571 bits per heavy atom. The highest BCUT2D eigenvalue weighted by molar-refractivity contribution is 6.40. The molecule has 5 aromatic heterocycles. The van der Waals surface area contributed by atoms with Gasteiger partial charge in [-0.15, -0.1) is 0 Å². The van der Waals surface area contributed by atoms with E-state index < -0.39 is 0 Å². The van der Waals surface area contributed by atoms with Crippen LogP contribution in [0.3, 0.4) is 0 Å². The van der Waals surface area contributed by atoms with Crippen LogP contribution in [0.2, 0.25) is 0 Å². The minimum absolute atomic E-state index is 0.658. The molecule has 5 heterocycles. The molecule has 0 aliphatic rings. The lowest BCUT2D eigenvalue weighted by Crippen LogP contribution is -2.00. The summed E-state index contributed by atoms with van der Waals surface area (Å²) >= 11 is 0. The smallest absolute Gasteiger partial charge is 0.164 e. The van der Waals surface area contributed by atoms with E-state index in [9.17, 15) is 0 Å². The van der Waals surface area contributed by atoms with Crippen molar-refractivity contribution in [1.29, 1.82) is 0 Å². The highest BCUT2D eigenvalue weighted by Crippen LogP contribution is 2.50. The molecule has 0 unspecified atom stereocenters. The molecule has 0 saturated carbocycles. The van der Waals surface area contributed by atoms with Gasteiger partial charge in [0.25, 0.3) is 0 Å². The van der Waals surface area contributed by atoms with Crippen LogP contribution in [0.4, 0.5) is 0 Å². The van der Waals surface area contributed by atoms with Crippen LogP contribution in [-0.2, 0) is 12.8 Å². The van der Waals surface area contributed by atoms with Crippen LogP contribution in [0.25, 0.3) is 144 Å². The summed E-state index contributed by atoms with van der Waals surface area (Å²) in [4.78, 5) is 15.0. The van der Waals surface area contributed by atoms with Crippen molar-refractivity contribution in [1.82, 2.24) is 33.2 Å². The lowest BCUT2D eigenvalue weighted by Gasteiger charge is -2.15. The Morgan fingerprint density at radius 1 is 0.226 bits per heavy atom. The van der Waals surface area contributed by atoms with Gasteiger partial charge in [-0.1, -0.05) is 200 Å². The SMILES string of the molecule is c1ccc(-c2nc(-c3ccccc3)nc(-c3cccc(CCc4ccc5c(c4)c4ccccc4n5-c4cccc(-n5c6ccccc6c6c7c(c8ccccc8n7-c7ccccc7)c7c(c8ccccc8n7-c7ccccc7)c65)c4)c3)n2)cc1. The number of aryl methyl sites for hydroxylation is 2. The highest BCUT2D eigenvalue weighted by Gasteiger charge is 2.29. The maximum absolute atomic E-state index is 5.03. The van der Waals surface area contributed by atoms with Gasteiger partial charge >= 0.3 is 0 Å². The molecule has 0 atom stereocenters. The maximum atomic E-state index is 5.03. The molecule has 394 valence electrons. The zero-order chi connectivity index (χ0) is 55.2. The Bertz CT molecular complexity index is 5290. The van der Waals surface area contributed by atoms with Gasteiger partial charge < -0.3 is 18.3 Å². The maximum Gasteiger partial charge on any atom is 0.164 e. The summed E-state index contributed by atoms with van der Waals surface area (Å²) in [7, 11) is 0. The van der Waals surface area contributed by atoms with Gasteiger partial charge in [-0.2, -0.15) is 0 Å². The number of nitrogens with zero attached hydrogens (tertiary/aromatic N) is 7. The molecule has 0 radical (unpaired) electrons. The first-order chi connectivity index (χ1) is 41.7.